The van der Waals surface area contributed by atoms with Crippen molar-refractivity contribution in [3.05, 3.63) is 0 Å². The fraction of sp³-hybridized carbons (Fsp3) is 0.857. The van der Waals surface area contributed by atoms with Gasteiger partial charge in [0.05, 0.1) is 6.10 Å². The van der Waals surface area contributed by atoms with Crippen LogP contribution in [-0.2, 0) is 14.3 Å². The Bertz CT molecular complexity index is 338. The third-order valence-electron chi connectivity index (χ3n) is 4.17. The van der Waals surface area contributed by atoms with Crippen LogP contribution < -0.4 is 0 Å². The maximum absolute atomic E-state index is 12.2. The first-order chi connectivity index (χ1) is 9.08. The first-order valence-electron chi connectivity index (χ1n) is 7.22. The number of amides is 1. The minimum atomic E-state index is -0.878. The quantitative estimate of drug-likeness (QED) is 0.843. The van der Waals surface area contributed by atoms with E-state index in [1.807, 2.05) is 6.92 Å². The molecule has 2 rings (SSSR count). The van der Waals surface area contributed by atoms with E-state index in [2.05, 4.69) is 0 Å². The maximum atomic E-state index is 12.2. The van der Waals surface area contributed by atoms with E-state index < -0.39 is 12.0 Å². The van der Waals surface area contributed by atoms with E-state index in [-0.39, 0.29) is 12.0 Å². The molecule has 1 N–H and O–H groups in total. The molecule has 2 aliphatic heterocycles. The Kier molecular flexibility index (Phi) is 4.80. The second-order valence-electron chi connectivity index (χ2n) is 5.74. The van der Waals surface area contributed by atoms with E-state index in [0.717, 1.165) is 32.3 Å². The van der Waals surface area contributed by atoms with Crippen LogP contribution in [-0.4, -0.2) is 47.2 Å². The Labute approximate surface area is 113 Å². The van der Waals surface area contributed by atoms with E-state index >= 15 is 0 Å². The van der Waals surface area contributed by atoms with Crippen LogP contribution in [0.15, 0.2) is 0 Å². The molecule has 2 saturated heterocycles. The summed E-state index contributed by atoms with van der Waals surface area (Å²) in [7, 11) is 0. The maximum Gasteiger partial charge on any atom is 0.326 e. The lowest BCUT2D eigenvalue weighted by Gasteiger charge is -2.36. The summed E-state index contributed by atoms with van der Waals surface area (Å²) in [6.45, 7) is 3.41. The average molecular weight is 269 g/mol. The van der Waals surface area contributed by atoms with Gasteiger partial charge < -0.3 is 14.7 Å². The molecule has 2 fully saturated rings. The highest BCUT2D eigenvalue weighted by molar-refractivity contribution is 5.83. The van der Waals surface area contributed by atoms with E-state index in [9.17, 15) is 14.7 Å². The summed E-state index contributed by atoms with van der Waals surface area (Å²) < 4.78 is 5.49. The second kappa shape index (κ2) is 6.37. The van der Waals surface area contributed by atoms with Crippen molar-refractivity contribution < 1.29 is 19.4 Å². The lowest BCUT2D eigenvalue weighted by atomic mass is 9.92. The number of carbonyl (C=O) groups is 2. The number of aliphatic carboxylic acids is 1. The fourth-order valence-corrected chi connectivity index (χ4v) is 2.97. The van der Waals surface area contributed by atoms with Gasteiger partial charge in [-0.15, -0.1) is 0 Å². The number of hydrogen-bond donors (Lipinski definition) is 1. The number of carboxylic acid groups (broad SMARTS) is 1. The second-order valence-corrected chi connectivity index (χ2v) is 5.74. The van der Waals surface area contributed by atoms with Crippen molar-refractivity contribution in [3.8, 4) is 0 Å². The fourth-order valence-electron chi connectivity index (χ4n) is 2.97. The molecule has 1 amide bonds. The van der Waals surface area contributed by atoms with E-state index in [1.165, 1.54) is 0 Å². The zero-order chi connectivity index (χ0) is 13.8. The molecule has 0 aromatic carbocycles. The summed E-state index contributed by atoms with van der Waals surface area (Å²) >= 11 is 0. The van der Waals surface area contributed by atoms with Gasteiger partial charge in [0.1, 0.15) is 6.04 Å². The SMILES string of the molecule is CC1CCN(C(=O)CCC2CCCO2)C(C(=O)O)C1. The minimum Gasteiger partial charge on any atom is -0.480 e. The number of carbonyl (C=O) groups excluding carboxylic acids is 1. The van der Waals surface area contributed by atoms with Crippen molar-refractivity contribution in [3.63, 3.8) is 0 Å². The summed E-state index contributed by atoms with van der Waals surface area (Å²) in [6.07, 6.45) is 4.87. The number of rotatable bonds is 4. The highest BCUT2D eigenvalue weighted by atomic mass is 16.5. The summed E-state index contributed by atoms with van der Waals surface area (Å²) in [5, 5.41) is 9.24. The number of nitrogens with zero attached hydrogens (tertiary/aromatic N) is 1. The number of hydrogen-bond acceptors (Lipinski definition) is 3. The van der Waals surface area contributed by atoms with Gasteiger partial charge in [-0.25, -0.2) is 4.79 Å². The summed E-state index contributed by atoms with van der Waals surface area (Å²) in [4.78, 5) is 25.0. The normalized spacial score (nSPS) is 31.4. The molecule has 0 spiro atoms. The first-order valence-corrected chi connectivity index (χ1v) is 7.22. The largest absolute Gasteiger partial charge is 0.480 e. The molecule has 108 valence electrons. The van der Waals surface area contributed by atoms with Crippen molar-refractivity contribution in [1.82, 2.24) is 4.90 Å². The molecule has 5 heteroatoms. The van der Waals surface area contributed by atoms with Crippen molar-refractivity contribution in [1.29, 1.82) is 0 Å². The molecule has 0 bridgehead atoms. The van der Waals surface area contributed by atoms with Crippen LogP contribution in [0.25, 0.3) is 0 Å². The summed E-state index contributed by atoms with van der Waals surface area (Å²) in [6, 6.07) is -0.638. The molecular formula is C14H23NO4. The number of carboxylic acids is 1. The van der Waals surface area contributed by atoms with Crippen LogP contribution in [0.3, 0.4) is 0 Å². The molecule has 19 heavy (non-hydrogen) atoms. The van der Waals surface area contributed by atoms with Gasteiger partial charge in [0.2, 0.25) is 5.91 Å². The monoisotopic (exact) mass is 269 g/mol. The lowest BCUT2D eigenvalue weighted by molar-refractivity contribution is -0.153. The predicted octanol–water partition coefficient (Wildman–Crippen LogP) is 1.66. The van der Waals surface area contributed by atoms with Gasteiger partial charge in [-0.2, -0.15) is 0 Å². The minimum absolute atomic E-state index is 0.0326. The van der Waals surface area contributed by atoms with Crippen LogP contribution in [0.5, 0.6) is 0 Å². The standard InChI is InChI=1S/C14H23NO4/c1-10-6-7-15(12(9-10)14(17)18)13(16)5-4-11-3-2-8-19-11/h10-12H,2-9H2,1H3,(H,17,18). The van der Waals surface area contributed by atoms with E-state index in [1.54, 1.807) is 4.90 Å². The number of ether oxygens (including phenoxy) is 1. The molecule has 0 radical (unpaired) electrons. The lowest BCUT2D eigenvalue weighted by Crippen LogP contribution is -2.49. The summed E-state index contributed by atoms with van der Waals surface area (Å²) in [5.74, 6) is -0.532. The van der Waals surface area contributed by atoms with Gasteiger partial charge in [0, 0.05) is 19.6 Å². The Morgan fingerprint density at radius 2 is 2.16 bits per heavy atom. The predicted molar refractivity (Wildman–Crippen MR) is 69.7 cm³/mol. The van der Waals surface area contributed by atoms with Crippen molar-refractivity contribution in [2.45, 2.75) is 57.6 Å². The van der Waals surface area contributed by atoms with Gasteiger partial charge in [-0.1, -0.05) is 6.92 Å². The van der Waals surface area contributed by atoms with Crippen LogP contribution in [0.2, 0.25) is 0 Å². The molecule has 5 nitrogen and oxygen atoms in total. The van der Waals surface area contributed by atoms with Gasteiger partial charge >= 0.3 is 5.97 Å². The van der Waals surface area contributed by atoms with Gasteiger partial charge in [-0.3, -0.25) is 4.79 Å². The van der Waals surface area contributed by atoms with E-state index in [4.69, 9.17) is 4.74 Å². The van der Waals surface area contributed by atoms with E-state index in [0.29, 0.717) is 25.3 Å². The summed E-state index contributed by atoms with van der Waals surface area (Å²) in [5.41, 5.74) is 0. The van der Waals surface area contributed by atoms with Crippen molar-refractivity contribution in [2.75, 3.05) is 13.2 Å². The molecular weight excluding hydrogens is 246 g/mol. The van der Waals surface area contributed by atoms with Gasteiger partial charge in [0.25, 0.3) is 0 Å². The Morgan fingerprint density at radius 3 is 2.79 bits per heavy atom. The Morgan fingerprint density at radius 1 is 1.37 bits per heavy atom. The highest BCUT2D eigenvalue weighted by Crippen LogP contribution is 2.24. The number of piperidine rings is 1. The molecule has 2 heterocycles. The molecule has 0 aromatic rings. The third-order valence-corrected chi connectivity index (χ3v) is 4.17. The first kappa shape index (κ1) is 14.3. The third kappa shape index (κ3) is 3.69. The smallest absolute Gasteiger partial charge is 0.326 e. The molecule has 3 atom stereocenters. The van der Waals surface area contributed by atoms with Crippen LogP contribution >= 0.6 is 0 Å². The number of likely N-dealkylation sites (tertiary alicyclic amines) is 1. The van der Waals surface area contributed by atoms with Gasteiger partial charge in [0.15, 0.2) is 0 Å². The zero-order valence-corrected chi connectivity index (χ0v) is 11.5. The van der Waals surface area contributed by atoms with Crippen LogP contribution in [0.1, 0.15) is 45.4 Å². The van der Waals surface area contributed by atoms with Crippen LogP contribution in [0.4, 0.5) is 0 Å². The van der Waals surface area contributed by atoms with Gasteiger partial charge in [-0.05, 0) is 38.0 Å². The van der Waals surface area contributed by atoms with Crippen molar-refractivity contribution in [2.24, 2.45) is 5.92 Å². The Balaban J connectivity index is 1.86. The zero-order valence-electron chi connectivity index (χ0n) is 11.5. The van der Waals surface area contributed by atoms with Crippen LogP contribution in [0, 0.1) is 5.92 Å². The van der Waals surface area contributed by atoms with Crippen molar-refractivity contribution >= 4 is 11.9 Å². The molecule has 0 aliphatic carbocycles. The molecule has 0 saturated carbocycles. The average Bonchev–Trinajstić information content (AvgIpc) is 2.88. The topological polar surface area (TPSA) is 66.8 Å². The molecule has 3 unspecified atom stereocenters. The highest BCUT2D eigenvalue weighted by Gasteiger charge is 2.34. The molecule has 0 aromatic heterocycles. The molecule has 2 aliphatic rings. The Hall–Kier alpha value is -1.10.